The molecule has 0 saturated carbocycles. The van der Waals surface area contributed by atoms with Crippen LogP contribution in [0.1, 0.15) is 140 Å². The van der Waals surface area contributed by atoms with E-state index < -0.39 is 216 Å². The van der Waals surface area contributed by atoms with Gasteiger partial charge in [-0.05, 0) is 99.6 Å². The van der Waals surface area contributed by atoms with Crippen molar-refractivity contribution in [2.45, 2.75) is 222 Å². The third-order valence-electron chi connectivity index (χ3n) is 23.4. The van der Waals surface area contributed by atoms with Gasteiger partial charge >= 0.3 is 0 Å². The van der Waals surface area contributed by atoms with E-state index in [0.717, 1.165) is 26.5 Å². The van der Waals surface area contributed by atoms with Gasteiger partial charge in [0.05, 0.1) is 31.6 Å². The summed E-state index contributed by atoms with van der Waals surface area (Å²) in [5, 5.41) is 38.8. The Bertz CT molecular complexity index is 5070. The highest BCUT2D eigenvalue weighted by Gasteiger charge is 2.44. The van der Waals surface area contributed by atoms with E-state index in [1.807, 2.05) is 26.0 Å². The average molecular weight is 1870 g/mol. The summed E-state index contributed by atoms with van der Waals surface area (Å²) in [5.74, 6) is -16.6. The largest absolute Gasteiger partial charge is 0.370 e. The van der Waals surface area contributed by atoms with Crippen LogP contribution in [0.4, 0.5) is 0 Å². The van der Waals surface area contributed by atoms with E-state index in [0.29, 0.717) is 69.9 Å². The van der Waals surface area contributed by atoms with Gasteiger partial charge in [0, 0.05) is 119 Å². The summed E-state index contributed by atoms with van der Waals surface area (Å²) < 4.78 is 0. The summed E-state index contributed by atoms with van der Waals surface area (Å²) >= 11 is 0.801. The number of nitrogens with zero attached hydrogens (tertiary/aromatic N) is 6. The molecule has 2 saturated heterocycles. The fourth-order valence-electron chi connectivity index (χ4n) is 16.0. The maximum absolute atomic E-state index is 15.8. The minimum absolute atomic E-state index is 0.00841. The Balaban J connectivity index is 1.19. The lowest BCUT2D eigenvalue weighted by molar-refractivity contribution is -0.149. The Morgan fingerprint density at radius 2 is 1.06 bits per heavy atom. The molecule has 17 amide bonds. The van der Waals surface area contributed by atoms with Crippen LogP contribution < -0.4 is 81.4 Å². The maximum Gasteiger partial charge on any atom is 0.246 e. The van der Waals surface area contributed by atoms with E-state index in [4.69, 9.17) is 28.3 Å². The van der Waals surface area contributed by atoms with Gasteiger partial charge in [0.1, 0.15) is 78.5 Å². The standard InChI is InChI=1S/C90H129N25O17S/c1-10-12-30-70-83(126)105-61(29-21-35-97-90(94)95)79(122)110-69(78(121)100-46-74(93)117)48-133-49-76(119)103-66(38-53-23-15-14-16-24-53)86(129)112(7)52(5)77(120)107-68(42-73(92)116)88(131)115-36-22-32-71(115)84(127)106-64(41-56-45-96-50-101-56)82(125)108-65(37-51(3)4)85(128)111(6)47-75(118)102-63(39-54-43-98-59-27-19-17-25-57(54)59)81(124)104-62(33-34-91)80(123)109-67(40-55-44-99-60-28-20-18-26-58(55)60)87(130)114(9)72(31-13-11-2)89(132)113(70)8/h14-20,23-28,43-45,50-52,61-72,98-99H,10-13,21-22,29-42,46-49,91H2,1-9H3,(H2,92,116)(H2,93,117)(H,96,101)(H,100,121)(H,102,118)(H,103,119)(H,104,124)(H,105,126)(H,106,127)(H,107,120)(H,108,125)(H,109,123)(H,110,122)(H4,94,95,97)/t52-,61-,62-,63-,64-,65-,66-,67-,68-,69-,70-,71-,72-/m0/s1. The first kappa shape index (κ1) is 105. The van der Waals surface area contributed by atoms with Gasteiger partial charge < -0.3 is 121 Å². The number of likely N-dealkylation sites (N-methyl/N-ethyl adjacent to an activating group) is 4. The van der Waals surface area contributed by atoms with E-state index in [-0.39, 0.29) is 103 Å². The lowest BCUT2D eigenvalue weighted by atomic mass is 9.99. The molecular weight excluding hydrogens is 1740 g/mol. The third-order valence-corrected chi connectivity index (χ3v) is 24.4. The lowest BCUT2D eigenvalue weighted by Gasteiger charge is -2.36. The molecule has 2 aliphatic heterocycles. The SMILES string of the molecule is CCCC[C@H]1C(=O)N(C)[C@@H](CCCC)C(=O)N[C@@H](CCCNC(=N)N)C(=O)N[C@H](C(=O)NCC(N)=O)CSCC(=O)N[C@@H](Cc2ccccc2)C(=O)N(C)[C@@H](C)C(=O)N[C@@H](CC(N)=O)C(=O)N2CCC[C@H]2C(=O)N[C@@H](Cc2cnc[nH]2)C(=O)N[C@@H](CC(C)C)C(=O)N(C)CC(=O)N[C@@H](Cc2c[nH]c3ccccc23)C(=O)N[C@@H](CCN)C(=O)N[C@@H](Cc2c[nH]c3ccccc23)C(=O)N1C. The third kappa shape index (κ3) is 30.8. The van der Waals surface area contributed by atoms with E-state index in [9.17, 15) is 57.5 Å². The molecule has 0 aliphatic carbocycles. The van der Waals surface area contributed by atoms with Crippen molar-refractivity contribution in [3.05, 3.63) is 126 Å². The number of aromatic amines is 3. The lowest BCUT2D eigenvalue weighted by Crippen LogP contribution is -2.61. The highest BCUT2D eigenvalue weighted by Crippen LogP contribution is 2.26. The van der Waals surface area contributed by atoms with Crippen LogP contribution in [0.25, 0.3) is 21.8 Å². The van der Waals surface area contributed by atoms with Crippen LogP contribution in [-0.2, 0) is 107 Å². The number of guanidine groups is 1. The van der Waals surface area contributed by atoms with Crippen LogP contribution >= 0.6 is 11.8 Å². The number of para-hydroxylation sites is 2. The average Bonchev–Trinajstić information content (AvgIpc) is 1.74. The molecule has 0 unspecified atom stereocenters. The van der Waals surface area contributed by atoms with Crippen molar-refractivity contribution in [3.63, 3.8) is 0 Å². The molecule has 42 nitrogen and oxygen atoms in total. The van der Waals surface area contributed by atoms with Crippen LogP contribution in [0, 0.1) is 11.3 Å². The number of benzene rings is 3. The number of nitrogens with one attached hydrogen (secondary N) is 15. The second kappa shape index (κ2) is 51.4. The van der Waals surface area contributed by atoms with E-state index >= 15 is 24.0 Å². The zero-order valence-electron chi connectivity index (χ0n) is 76.7. The molecule has 3 aromatic carbocycles. The fraction of sp³-hybridized carbons (Fsp3) is 0.522. The molecule has 0 spiro atoms. The second-order valence-electron chi connectivity index (χ2n) is 34.0. The topological polar surface area (TPSA) is 627 Å². The number of amides is 17. The Morgan fingerprint density at radius 3 is 1.66 bits per heavy atom. The number of imidazole rings is 1. The first-order chi connectivity index (χ1) is 63.4. The number of hydrogen-bond donors (Lipinski definition) is 19. The molecule has 0 radical (unpaired) electrons. The molecule has 23 N–H and O–H groups in total. The van der Waals surface area contributed by atoms with Gasteiger partial charge in [-0.3, -0.25) is 86.9 Å². The maximum atomic E-state index is 15.8. The molecule has 6 aromatic rings. The van der Waals surface area contributed by atoms with Gasteiger partial charge in [-0.25, -0.2) is 4.98 Å². The Morgan fingerprint density at radius 1 is 0.526 bits per heavy atom. The number of unbranched alkanes of at least 4 members (excludes halogenated alkanes) is 2. The van der Waals surface area contributed by atoms with Crippen molar-refractivity contribution in [2.24, 2.45) is 28.9 Å². The minimum atomic E-state index is -1.74. The van der Waals surface area contributed by atoms with Crippen molar-refractivity contribution >= 4 is 140 Å². The van der Waals surface area contributed by atoms with Crippen LogP contribution in [0.3, 0.4) is 0 Å². The minimum Gasteiger partial charge on any atom is -0.370 e. The monoisotopic (exact) mass is 1860 g/mol. The highest BCUT2D eigenvalue weighted by atomic mass is 32.2. The van der Waals surface area contributed by atoms with Gasteiger partial charge in [0.2, 0.25) is 100 Å². The number of carbonyl (C=O) groups excluding carboxylic acids is 17. The summed E-state index contributed by atoms with van der Waals surface area (Å²) in [6.45, 7) is 6.90. The van der Waals surface area contributed by atoms with Crippen LogP contribution in [0.15, 0.2) is 104 Å². The molecule has 2 fully saturated rings. The smallest absolute Gasteiger partial charge is 0.246 e. The van der Waals surface area contributed by atoms with Gasteiger partial charge in [-0.1, -0.05) is 120 Å². The summed E-state index contributed by atoms with van der Waals surface area (Å²) in [6.07, 6.45) is 6.13. The van der Waals surface area contributed by atoms with Crippen LogP contribution in [0.5, 0.6) is 0 Å². The van der Waals surface area contributed by atoms with Crippen molar-refractivity contribution in [3.8, 4) is 0 Å². The molecule has 133 heavy (non-hydrogen) atoms. The van der Waals surface area contributed by atoms with E-state index in [1.54, 1.807) is 93.0 Å². The first-order valence-corrected chi connectivity index (χ1v) is 46.0. The summed E-state index contributed by atoms with van der Waals surface area (Å²) in [6, 6.07) is 3.69. The molecule has 13 atom stereocenters. The van der Waals surface area contributed by atoms with Crippen molar-refractivity contribution in [2.75, 3.05) is 72.4 Å². The molecule has 2 aliphatic rings. The second-order valence-corrected chi connectivity index (χ2v) is 35.1. The number of H-pyrrole nitrogens is 3. The van der Waals surface area contributed by atoms with Gasteiger partial charge in [-0.2, -0.15) is 0 Å². The summed E-state index contributed by atoms with van der Waals surface area (Å²) in [5.41, 5.74) is 26.5. The van der Waals surface area contributed by atoms with Crippen molar-refractivity contribution < 1.29 is 81.5 Å². The molecule has 43 heteroatoms. The van der Waals surface area contributed by atoms with Gasteiger partial charge in [0.25, 0.3) is 0 Å². The Hall–Kier alpha value is -13.5. The number of thioether (sulfide) groups is 1. The van der Waals surface area contributed by atoms with Gasteiger partial charge in [-0.15, -0.1) is 11.8 Å². The number of aromatic nitrogens is 4. The Labute approximate surface area is 775 Å². The predicted molar refractivity (Wildman–Crippen MR) is 496 cm³/mol. The molecule has 8 rings (SSSR count). The molecular formula is C90H129N25O17S. The molecule has 0 bridgehead atoms. The van der Waals surface area contributed by atoms with E-state index in [1.165, 1.54) is 57.4 Å². The number of primary amides is 2. The first-order valence-electron chi connectivity index (χ1n) is 44.8. The van der Waals surface area contributed by atoms with Crippen molar-refractivity contribution in [1.82, 2.24) is 103 Å². The van der Waals surface area contributed by atoms with Crippen LogP contribution in [0.2, 0.25) is 0 Å². The van der Waals surface area contributed by atoms with Crippen molar-refractivity contribution in [1.29, 1.82) is 5.41 Å². The number of fused-ring (bicyclic) bond motifs is 3. The predicted octanol–water partition coefficient (Wildman–Crippen LogP) is -1.78. The summed E-state index contributed by atoms with van der Waals surface area (Å²) in [4.78, 5) is 268. The van der Waals surface area contributed by atoms with E-state index in [2.05, 4.69) is 78.4 Å². The zero-order chi connectivity index (χ0) is 97.3. The number of carbonyl (C=O) groups is 17. The number of rotatable bonds is 27. The summed E-state index contributed by atoms with van der Waals surface area (Å²) in [7, 11) is 5.33. The quantitative estimate of drug-likeness (QED) is 0.0154. The zero-order valence-corrected chi connectivity index (χ0v) is 77.5. The normalized spacial score (nSPS) is 23.4. The van der Waals surface area contributed by atoms with Crippen LogP contribution in [-0.4, -0.2) is 302 Å². The Kier molecular flexibility index (Phi) is 40.5. The molecule has 3 aromatic heterocycles. The fourth-order valence-corrected chi connectivity index (χ4v) is 16.9. The number of hydrogen-bond acceptors (Lipinski definition) is 21. The molecule has 5 heterocycles. The van der Waals surface area contributed by atoms with Gasteiger partial charge in [0.15, 0.2) is 5.96 Å². The highest BCUT2D eigenvalue weighted by molar-refractivity contribution is 8.00. The number of nitrogens with two attached hydrogens (primary N) is 4. The molecule has 722 valence electrons.